The number of thioether (sulfide) groups is 1. The number of hydrogen-bond donors (Lipinski definition) is 0. The van der Waals surface area contributed by atoms with Crippen LogP contribution in [0.3, 0.4) is 0 Å². The standard InChI is InChI=1S/C11H11FO3S/c1-2-15-11(14)7-16-10-4-3-8(6-13)5-9(10)12/h3-6H,2,7H2,1H3. The highest BCUT2D eigenvalue weighted by atomic mass is 32.2. The first-order chi connectivity index (χ1) is 7.67. The van der Waals surface area contributed by atoms with Crippen molar-refractivity contribution in [3.05, 3.63) is 29.6 Å². The molecule has 0 atom stereocenters. The van der Waals surface area contributed by atoms with Gasteiger partial charge in [-0.15, -0.1) is 11.8 Å². The minimum absolute atomic E-state index is 0.0607. The van der Waals surface area contributed by atoms with E-state index in [0.29, 0.717) is 17.8 Å². The molecule has 0 saturated carbocycles. The van der Waals surface area contributed by atoms with Crippen molar-refractivity contribution in [2.75, 3.05) is 12.4 Å². The molecule has 0 aliphatic heterocycles. The third-order valence-corrected chi connectivity index (χ3v) is 2.76. The summed E-state index contributed by atoms with van der Waals surface area (Å²) >= 11 is 1.05. The molecule has 0 aliphatic rings. The summed E-state index contributed by atoms with van der Waals surface area (Å²) in [5.41, 5.74) is 0.276. The van der Waals surface area contributed by atoms with Crippen LogP contribution in [-0.2, 0) is 9.53 Å². The number of rotatable bonds is 5. The van der Waals surface area contributed by atoms with Gasteiger partial charge in [0.25, 0.3) is 0 Å². The number of hydrogen-bond acceptors (Lipinski definition) is 4. The highest BCUT2D eigenvalue weighted by Gasteiger charge is 2.07. The molecular formula is C11H11FO3S. The van der Waals surface area contributed by atoms with E-state index in [9.17, 15) is 14.0 Å². The summed E-state index contributed by atoms with van der Waals surface area (Å²) in [6.07, 6.45) is 0.572. The molecule has 86 valence electrons. The fraction of sp³-hybridized carbons (Fsp3) is 0.273. The van der Waals surface area contributed by atoms with E-state index in [0.717, 1.165) is 17.8 Å². The summed E-state index contributed by atoms with van der Waals surface area (Å²) in [4.78, 5) is 21.7. The fourth-order valence-electron chi connectivity index (χ4n) is 1.05. The molecule has 0 aromatic heterocycles. The lowest BCUT2D eigenvalue weighted by Crippen LogP contribution is -2.06. The lowest BCUT2D eigenvalue weighted by molar-refractivity contribution is -0.139. The van der Waals surface area contributed by atoms with Gasteiger partial charge in [0.2, 0.25) is 0 Å². The monoisotopic (exact) mass is 242 g/mol. The number of aldehydes is 1. The van der Waals surface area contributed by atoms with Crippen molar-refractivity contribution in [1.29, 1.82) is 0 Å². The molecule has 0 radical (unpaired) electrons. The number of carbonyl (C=O) groups is 2. The van der Waals surface area contributed by atoms with Crippen molar-refractivity contribution in [2.24, 2.45) is 0 Å². The fourth-order valence-corrected chi connectivity index (χ4v) is 1.76. The van der Waals surface area contributed by atoms with Crippen LogP contribution in [0.5, 0.6) is 0 Å². The van der Waals surface area contributed by atoms with Crippen molar-refractivity contribution in [3.8, 4) is 0 Å². The van der Waals surface area contributed by atoms with Gasteiger partial charge in [-0.25, -0.2) is 4.39 Å². The van der Waals surface area contributed by atoms with E-state index in [2.05, 4.69) is 0 Å². The Morgan fingerprint density at radius 2 is 2.31 bits per heavy atom. The normalized spacial score (nSPS) is 9.88. The Balaban J connectivity index is 2.60. The Labute approximate surface area is 97.0 Å². The largest absolute Gasteiger partial charge is 0.465 e. The van der Waals surface area contributed by atoms with Crippen LogP contribution < -0.4 is 0 Å². The van der Waals surface area contributed by atoms with Gasteiger partial charge in [0, 0.05) is 10.5 Å². The lowest BCUT2D eigenvalue weighted by Gasteiger charge is -2.03. The SMILES string of the molecule is CCOC(=O)CSc1ccc(C=O)cc1F. The number of carbonyl (C=O) groups excluding carboxylic acids is 2. The molecule has 0 aliphatic carbocycles. The molecule has 1 rings (SSSR count). The van der Waals surface area contributed by atoms with Crippen LogP contribution in [0.1, 0.15) is 17.3 Å². The lowest BCUT2D eigenvalue weighted by atomic mass is 10.2. The van der Waals surface area contributed by atoms with Crippen LogP contribution in [0.2, 0.25) is 0 Å². The highest BCUT2D eigenvalue weighted by molar-refractivity contribution is 8.00. The van der Waals surface area contributed by atoms with Gasteiger partial charge in [-0.2, -0.15) is 0 Å². The molecule has 0 spiro atoms. The second-order valence-corrected chi connectivity index (χ2v) is 3.92. The summed E-state index contributed by atoms with van der Waals surface area (Å²) in [5.74, 6) is -0.823. The molecule has 0 amide bonds. The summed E-state index contributed by atoms with van der Waals surface area (Å²) < 4.78 is 18.1. The predicted octanol–water partition coefficient (Wildman–Crippen LogP) is 2.29. The van der Waals surface area contributed by atoms with Gasteiger partial charge in [0.1, 0.15) is 12.1 Å². The van der Waals surface area contributed by atoms with Crippen LogP contribution in [0.15, 0.2) is 23.1 Å². The molecule has 0 N–H and O–H groups in total. The minimum atomic E-state index is -0.501. The van der Waals surface area contributed by atoms with Crippen LogP contribution in [0.25, 0.3) is 0 Å². The maximum atomic E-state index is 13.3. The quantitative estimate of drug-likeness (QED) is 0.451. The van der Waals surface area contributed by atoms with Crippen LogP contribution in [0.4, 0.5) is 4.39 Å². The minimum Gasteiger partial charge on any atom is -0.465 e. The highest BCUT2D eigenvalue weighted by Crippen LogP contribution is 2.22. The summed E-state index contributed by atoms with van der Waals surface area (Å²) in [6.45, 7) is 2.02. The molecule has 1 aromatic carbocycles. The van der Waals surface area contributed by atoms with Crippen LogP contribution in [0, 0.1) is 5.82 Å². The number of ether oxygens (including phenoxy) is 1. The van der Waals surface area contributed by atoms with Gasteiger partial charge in [0.05, 0.1) is 12.4 Å². The number of esters is 1. The van der Waals surface area contributed by atoms with E-state index < -0.39 is 5.82 Å². The van der Waals surface area contributed by atoms with E-state index >= 15 is 0 Å². The first-order valence-electron chi connectivity index (χ1n) is 4.70. The molecule has 0 unspecified atom stereocenters. The maximum absolute atomic E-state index is 13.3. The first-order valence-corrected chi connectivity index (χ1v) is 5.69. The third kappa shape index (κ3) is 3.66. The topological polar surface area (TPSA) is 43.4 Å². The summed E-state index contributed by atoms with van der Waals surface area (Å²) in [5, 5.41) is 0. The Morgan fingerprint density at radius 3 is 2.88 bits per heavy atom. The Hall–Kier alpha value is -1.36. The van der Waals surface area contributed by atoms with Gasteiger partial charge in [-0.3, -0.25) is 9.59 Å². The van der Waals surface area contributed by atoms with E-state index in [1.807, 2.05) is 0 Å². The second kappa shape index (κ2) is 6.27. The van der Waals surface area contributed by atoms with Gasteiger partial charge in [0.15, 0.2) is 0 Å². The zero-order valence-electron chi connectivity index (χ0n) is 8.73. The van der Waals surface area contributed by atoms with Gasteiger partial charge in [-0.05, 0) is 19.1 Å². The predicted molar refractivity (Wildman–Crippen MR) is 59.1 cm³/mol. The van der Waals surface area contributed by atoms with Crippen molar-refractivity contribution in [2.45, 2.75) is 11.8 Å². The van der Waals surface area contributed by atoms with Crippen LogP contribution in [-0.4, -0.2) is 24.6 Å². The van der Waals surface area contributed by atoms with Crippen molar-refractivity contribution < 1.29 is 18.7 Å². The zero-order chi connectivity index (χ0) is 12.0. The van der Waals surface area contributed by atoms with E-state index in [1.165, 1.54) is 12.1 Å². The molecule has 0 saturated heterocycles. The molecule has 16 heavy (non-hydrogen) atoms. The average Bonchev–Trinajstić information content (AvgIpc) is 2.27. The van der Waals surface area contributed by atoms with Crippen molar-refractivity contribution in [3.63, 3.8) is 0 Å². The molecule has 3 nitrogen and oxygen atoms in total. The van der Waals surface area contributed by atoms with E-state index in [1.54, 1.807) is 6.92 Å². The van der Waals surface area contributed by atoms with Gasteiger partial charge < -0.3 is 4.74 Å². The number of halogens is 1. The first kappa shape index (κ1) is 12.7. The molecule has 0 fully saturated rings. The molecule has 5 heteroatoms. The van der Waals surface area contributed by atoms with Gasteiger partial charge >= 0.3 is 5.97 Å². The number of benzene rings is 1. The van der Waals surface area contributed by atoms with Crippen molar-refractivity contribution in [1.82, 2.24) is 0 Å². The summed E-state index contributed by atoms with van der Waals surface area (Å²) in [6, 6.07) is 4.12. The molecule has 1 aromatic rings. The third-order valence-electron chi connectivity index (χ3n) is 1.74. The average molecular weight is 242 g/mol. The van der Waals surface area contributed by atoms with E-state index in [4.69, 9.17) is 4.74 Å². The zero-order valence-corrected chi connectivity index (χ0v) is 9.55. The smallest absolute Gasteiger partial charge is 0.316 e. The Morgan fingerprint density at radius 1 is 1.56 bits per heavy atom. The van der Waals surface area contributed by atoms with Crippen LogP contribution >= 0.6 is 11.8 Å². The molecule has 0 bridgehead atoms. The van der Waals surface area contributed by atoms with Crippen molar-refractivity contribution >= 4 is 24.0 Å². The molecule has 0 heterocycles. The molecular weight excluding hydrogens is 231 g/mol. The Kier molecular flexibility index (Phi) is 4.98. The van der Waals surface area contributed by atoms with Gasteiger partial charge in [-0.1, -0.05) is 6.07 Å². The Bertz CT molecular complexity index is 393. The summed E-state index contributed by atoms with van der Waals surface area (Å²) in [7, 11) is 0. The maximum Gasteiger partial charge on any atom is 0.316 e. The second-order valence-electron chi connectivity index (χ2n) is 2.90. The van der Waals surface area contributed by atoms with E-state index in [-0.39, 0.29) is 17.3 Å².